The highest BCUT2D eigenvalue weighted by Gasteiger charge is 2.18. The summed E-state index contributed by atoms with van der Waals surface area (Å²) >= 11 is 0. The van der Waals surface area contributed by atoms with Crippen LogP contribution in [0.5, 0.6) is 11.5 Å². The van der Waals surface area contributed by atoms with Gasteiger partial charge >= 0.3 is 10.1 Å². The molecule has 140 valence electrons. The van der Waals surface area contributed by atoms with Crippen LogP contribution in [0.1, 0.15) is 18.4 Å². The molecule has 6 nitrogen and oxygen atoms in total. The Labute approximate surface area is 154 Å². The molecule has 2 aromatic rings. The molecule has 0 radical (unpaired) electrons. The molecule has 0 saturated carbocycles. The van der Waals surface area contributed by atoms with Gasteiger partial charge in [-0.25, -0.2) is 0 Å². The molecule has 0 bridgehead atoms. The Balaban J connectivity index is 1.55. The third kappa shape index (κ3) is 4.97. The number of quaternary nitrogens is 1. The number of ether oxygens (including phenoxy) is 2. The molecule has 0 unspecified atom stereocenters. The standard InChI is InChI=1S/C19H23NO5S/c1-23-16-8-10-19(11-9-16)26(21,22)25-17-6-4-15(5-7-17)13-20-14-18-3-2-12-24-18/h4-11,18,20H,2-3,12-14H2,1H3/p+1/t18-/m1/s1. The molecule has 1 heterocycles. The lowest BCUT2D eigenvalue weighted by Crippen LogP contribution is -2.84. The molecule has 0 aromatic heterocycles. The average molecular weight is 378 g/mol. The molecule has 1 atom stereocenters. The zero-order valence-electron chi connectivity index (χ0n) is 14.8. The molecule has 0 amide bonds. The van der Waals surface area contributed by atoms with Crippen LogP contribution in [0.2, 0.25) is 0 Å². The van der Waals surface area contributed by atoms with Crippen molar-refractivity contribution in [2.24, 2.45) is 0 Å². The van der Waals surface area contributed by atoms with Crippen molar-refractivity contribution in [1.29, 1.82) is 0 Å². The fourth-order valence-corrected chi connectivity index (χ4v) is 3.79. The molecule has 26 heavy (non-hydrogen) atoms. The average Bonchev–Trinajstić information content (AvgIpc) is 3.16. The fraction of sp³-hybridized carbons (Fsp3) is 0.368. The summed E-state index contributed by atoms with van der Waals surface area (Å²) in [5.74, 6) is 0.885. The number of hydrogen-bond donors (Lipinski definition) is 1. The molecule has 2 N–H and O–H groups in total. The molecule has 7 heteroatoms. The van der Waals surface area contributed by atoms with Crippen LogP contribution >= 0.6 is 0 Å². The predicted molar refractivity (Wildman–Crippen MR) is 96.7 cm³/mol. The predicted octanol–water partition coefficient (Wildman–Crippen LogP) is 1.71. The number of rotatable bonds is 8. The summed E-state index contributed by atoms with van der Waals surface area (Å²) in [5.41, 5.74) is 1.11. The molecular weight excluding hydrogens is 354 g/mol. The van der Waals surface area contributed by atoms with Gasteiger partial charge in [0.05, 0.1) is 7.11 Å². The maximum atomic E-state index is 12.3. The van der Waals surface area contributed by atoms with Gasteiger partial charge in [-0.15, -0.1) is 0 Å². The molecule has 2 aromatic carbocycles. The summed E-state index contributed by atoms with van der Waals surface area (Å²) in [6.45, 7) is 2.64. The van der Waals surface area contributed by atoms with Crippen molar-refractivity contribution in [3.63, 3.8) is 0 Å². The van der Waals surface area contributed by atoms with Crippen molar-refractivity contribution < 1.29 is 27.4 Å². The van der Waals surface area contributed by atoms with Gasteiger partial charge in [0.2, 0.25) is 0 Å². The summed E-state index contributed by atoms with van der Waals surface area (Å²) < 4.78 is 40.5. The minimum atomic E-state index is -3.86. The van der Waals surface area contributed by atoms with Crippen molar-refractivity contribution in [3.05, 3.63) is 54.1 Å². The molecule has 1 fully saturated rings. The van der Waals surface area contributed by atoms with E-state index in [1.807, 2.05) is 12.1 Å². The second-order valence-electron chi connectivity index (χ2n) is 6.22. The lowest BCUT2D eigenvalue weighted by atomic mass is 10.2. The van der Waals surface area contributed by atoms with Crippen LogP contribution < -0.4 is 14.2 Å². The van der Waals surface area contributed by atoms with Crippen LogP contribution in [0.3, 0.4) is 0 Å². The van der Waals surface area contributed by atoms with E-state index < -0.39 is 10.1 Å². The van der Waals surface area contributed by atoms with Gasteiger partial charge in [0, 0.05) is 12.2 Å². The minimum Gasteiger partial charge on any atom is -0.497 e. The Hall–Kier alpha value is -2.09. The first-order chi connectivity index (χ1) is 12.6. The first-order valence-corrected chi connectivity index (χ1v) is 10.1. The highest BCUT2D eigenvalue weighted by molar-refractivity contribution is 7.87. The van der Waals surface area contributed by atoms with Gasteiger partial charge in [0.25, 0.3) is 0 Å². The fourth-order valence-electron chi connectivity index (χ4n) is 2.86. The second-order valence-corrected chi connectivity index (χ2v) is 7.77. The van der Waals surface area contributed by atoms with Gasteiger partial charge < -0.3 is 19.0 Å². The maximum Gasteiger partial charge on any atom is 0.339 e. The van der Waals surface area contributed by atoms with Crippen LogP contribution in [0.25, 0.3) is 0 Å². The lowest BCUT2D eigenvalue weighted by Gasteiger charge is -2.09. The topological polar surface area (TPSA) is 78.4 Å². The summed E-state index contributed by atoms with van der Waals surface area (Å²) in [7, 11) is -2.33. The number of hydrogen-bond acceptors (Lipinski definition) is 5. The van der Waals surface area contributed by atoms with Crippen molar-refractivity contribution in [2.75, 3.05) is 20.3 Å². The zero-order valence-corrected chi connectivity index (χ0v) is 15.6. The van der Waals surface area contributed by atoms with E-state index in [4.69, 9.17) is 13.7 Å². The molecule has 0 spiro atoms. The second kappa shape index (κ2) is 8.53. The van der Waals surface area contributed by atoms with Gasteiger partial charge in [-0.1, -0.05) is 0 Å². The van der Waals surface area contributed by atoms with Gasteiger partial charge in [0.1, 0.15) is 35.6 Å². The van der Waals surface area contributed by atoms with Crippen molar-refractivity contribution >= 4 is 10.1 Å². The first kappa shape index (κ1) is 18.7. The number of methoxy groups -OCH3 is 1. The van der Waals surface area contributed by atoms with Crippen molar-refractivity contribution in [3.8, 4) is 11.5 Å². The van der Waals surface area contributed by atoms with E-state index >= 15 is 0 Å². The van der Waals surface area contributed by atoms with E-state index in [0.717, 1.165) is 38.1 Å². The Morgan fingerprint density at radius 3 is 2.38 bits per heavy atom. The zero-order chi connectivity index (χ0) is 18.4. The normalized spacial score (nSPS) is 17.2. The minimum absolute atomic E-state index is 0.0901. The Morgan fingerprint density at radius 1 is 1.08 bits per heavy atom. The summed E-state index contributed by atoms with van der Waals surface area (Å²) in [6, 6.07) is 13.2. The van der Waals surface area contributed by atoms with Gasteiger partial charge in [-0.2, -0.15) is 8.42 Å². The SMILES string of the molecule is COc1ccc(S(=O)(=O)Oc2ccc(C[NH2+]C[C@H]3CCCO3)cc2)cc1. The van der Waals surface area contributed by atoms with E-state index in [-0.39, 0.29) is 4.90 Å². The Bertz CT molecular complexity index is 797. The Kier molecular flexibility index (Phi) is 6.13. The lowest BCUT2D eigenvalue weighted by molar-refractivity contribution is -0.676. The first-order valence-electron chi connectivity index (χ1n) is 8.67. The van der Waals surface area contributed by atoms with Crippen LogP contribution in [0, 0.1) is 0 Å². The van der Waals surface area contributed by atoms with E-state index in [2.05, 4.69) is 5.32 Å². The molecule has 0 aliphatic carbocycles. The van der Waals surface area contributed by atoms with E-state index in [1.54, 1.807) is 24.3 Å². The summed E-state index contributed by atoms with van der Waals surface area (Å²) in [5, 5.41) is 2.21. The van der Waals surface area contributed by atoms with Crippen molar-refractivity contribution in [2.45, 2.75) is 30.4 Å². The molecule has 1 aliphatic heterocycles. The van der Waals surface area contributed by atoms with Gasteiger partial charge in [-0.3, -0.25) is 0 Å². The van der Waals surface area contributed by atoms with E-state index in [1.165, 1.54) is 19.2 Å². The largest absolute Gasteiger partial charge is 0.497 e. The molecule has 1 aliphatic rings. The smallest absolute Gasteiger partial charge is 0.339 e. The van der Waals surface area contributed by atoms with Crippen LogP contribution in [0.4, 0.5) is 0 Å². The monoisotopic (exact) mass is 378 g/mol. The maximum absolute atomic E-state index is 12.3. The summed E-state index contributed by atoms with van der Waals surface area (Å²) in [4.78, 5) is 0.0901. The summed E-state index contributed by atoms with van der Waals surface area (Å²) in [6.07, 6.45) is 2.63. The number of nitrogens with two attached hydrogens (primary N) is 1. The van der Waals surface area contributed by atoms with E-state index in [0.29, 0.717) is 17.6 Å². The van der Waals surface area contributed by atoms with Crippen LogP contribution in [0.15, 0.2) is 53.4 Å². The molecule has 1 saturated heterocycles. The van der Waals surface area contributed by atoms with Gasteiger partial charge in [0.15, 0.2) is 0 Å². The quantitative estimate of drug-likeness (QED) is 0.708. The van der Waals surface area contributed by atoms with Crippen LogP contribution in [-0.4, -0.2) is 34.8 Å². The van der Waals surface area contributed by atoms with Crippen molar-refractivity contribution in [1.82, 2.24) is 0 Å². The van der Waals surface area contributed by atoms with Crippen LogP contribution in [-0.2, 0) is 21.4 Å². The van der Waals surface area contributed by atoms with E-state index in [9.17, 15) is 8.42 Å². The molecular formula is C19H24NO5S+. The molecule has 3 rings (SSSR count). The highest BCUT2D eigenvalue weighted by atomic mass is 32.2. The number of benzene rings is 2. The van der Waals surface area contributed by atoms with Gasteiger partial charge in [-0.05, 0) is 61.4 Å². The third-order valence-electron chi connectivity index (χ3n) is 4.31. The third-order valence-corrected chi connectivity index (χ3v) is 5.57. The Morgan fingerprint density at radius 2 is 1.77 bits per heavy atom. The highest BCUT2D eigenvalue weighted by Crippen LogP contribution is 2.21.